The van der Waals surface area contributed by atoms with Crippen molar-refractivity contribution in [2.24, 2.45) is 0 Å². The zero-order valence-corrected chi connectivity index (χ0v) is 18.4. The van der Waals surface area contributed by atoms with E-state index in [0.29, 0.717) is 0 Å². The summed E-state index contributed by atoms with van der Waals surface area (Å²) < 4.78 is 76.1. The van der Waals surface area contributed by atoms with Gasteiger partial charge in [0.05, 0.1) is 29.2 Å². The Balaban J connectivity index is 1.99. The Bertz CT molecular complexity index is 1220. The molecule has 0 saturated carbocycles. The van der Waals surface area contributed by atoms with Crippen LogP contribution in [0.1, 0.15) is 46.6 Å². The lowest BCUT2D eigenvalue weighted by atomic mass is 10.0. The molecule has 0 N–H and O–H groups in total. The van der Waals surface area contributed by atoms with Gasteiger partial charge in [-0.1, -0.05) is 23.7 Å². The molecule has 1 aliphatic rings. The molecule has 0 amide bonds. The molecule has 2 aromatic carbocycles. The van der Waals surface area contributed by atoms with Gasteiger partial charge in [-0.05, 0) is 36.8 Å². The third kappa shape index (κ3) is 4.43. The predicted molar refractivity (Wildman–Crippen MR) is 111 cm³/mol. The molecule has 0 aliphatic carbocycles. The van der Waals surface area contributed by atoms with E-state index in [9.17, 15) is 26.7 Å². The number of fused-ring (bicyclic) bond motifs is 3. The first-order valence-electron chi connectivity index (χ1n) is 9.69. The van der Waals surface area contributed by atoms with E-state index in [2.05, 4.69) is 10.2 Å². The summed E-state index contributed by atoms with van der Waals surface area (Å²) in [5, 5.41) is 5.22. The fourth-order valence-corrected chi connectivity index (χ4v) is 5.32. The number of hydrogen-bond acceptors (Lipinski definition) is 5. The Morgan fingerprint density at radius 1 is 1.18 bits per heavy atom. The van der Waals surface area contributed by atoms with Gasteiger partial charge in [0.25, 0.3) is 0 Å². The lowest BCUT2D eigenvalue weighted by Gasteiger charge is -2.21. The summed E-state index contributed by atoms with van der Waals surface area (Å²) in [6, 6.07) is 7.66. The molecule has 2 heterocycles. The average Bonchev–Trinajstić information content (AvgIpc) is 3.14. The number of nitrogens with zero attached hydrogens (tertiary/aromatic N) is 3. The van der Waals surface area contributed by atoms with Crippen LogP contribution in [0.4, 0.5) is 22.0 Å². The van der Waals surface area contributed by atoms with Crippen LogP contribution in [0, 0.1) is 11.6 Å². The smallest absolute Gasteiger partial charge is 0.452 e. The van der Waals surface area contributed by atoms with Crippen LogP contribution in [0.15, 0.2) is 36.4 Å². The molecule has 4 rings (SSSR count). The summed E-state index contributed by atoms with van der Waals surface area (Å²) >= 11 is 7.08. The van der Waals surface area contributed by atoms with Gasteiger partial charge in [-0.3, -0.25) is 9.36 Å². The predicted octanol–water partition coefficient (Wildman–Crippen LogP) is 6.05. The SMILES string of the molecule is CCOC(=O)C[C@H]1S[C@H](c2cccc(F)c2F)c2cc(Cl)ccc2-n2c1nnc2C(F)(F)F. The van der Waals surface area contributed by atoms with Crippen molar-refractivity contribution in [1.82, 2.24) is 14.8 Å². The number of ether oxygens (including phenoxy) is 1. The highest BCUT2D eigenvalue weighted by atomic mass is 35.5. The lowest BCUT2D eigenvalue weighted by molar-refractivity contribution is -0.146. The first kappa shape index (κ1) is 23.5. The van der Waals surface area contributed by atoms with Crippen LogP contribution in [0.2, 0.25) is 5.02 Å². The molecule has 0 radical (unpaired) electrons. The molecule has 12 heteroatoms. The molecule has 0 bridgehead atoms. The summed E-state index contributed by atoms with van der Waals surface area (Å²) in [6.45, 7) is 1.65. The van der Waals surface area contributed by atoms with Gasteiger partial charge in [-0.2, -0.15) is 13.2 Å². The highest BCUT2D eigenvalue weighted by Gasteiger charge is 2.43. The maximum Gasteiger partial charge on any atom is 0.452 e. The van der Waals surface area contributed by atoms with Crippen LogP contribution in [0.25, 0.3) is 5.69 Å². The van der Waals surface area contributed by atoms with E-state index in [0.717, 1.165) is 22.4 Å². The van der Waals surface area contributed by atoms with E-state index in [1.54, 1.807) is 6.92 Å². The van der Waals surface area contributed by atoms with Crippen molar-refractivity contribution in [3.05, 3.63) is 75.8 Å². The van der Waals surface area contributed by atoms with Crippen molar-refractivity contribution in [2.45, 2.75) is 30.0 Å². The van der Waals surface area contributed by atoms with Crippen LogP contribution < -0.4 is 0 Å². The maximum atomic E-state index is 14.8. The number of carbonyl (C=O) groups excluding carboxylic acids is 1. The topological polar surface area (TPSA) is 57.0 Å². The molecule has 1 aromatic heterocycles. The standard InChI is InChI=1S/C21H15ClF5N3O2S/c1-2-32-16(31)9-15-19-28-29-20(21(25,26)27)30(19)14-7-6-10(22)8-12(14)18(33-15)11-4-3-5-13(23)17(11)24/h3-8,15,18H,2,9H2,1H3/t15-,18-/m1/s1. The van der Waals surface area contributed by atoms with E-state index < -0.39 is 40.1 Å². The van der Waals surface area contributed by atoms with E-state index in [4.69, 9.17) is 16.3 Å². The van der Waals surface area contributed by atoms with Crippen LogP contribution in [-0.4, -0.2) is 27.3 Å². The molecule has 0 spiro atoms. The van der Waals surface area contributed by atoms with E-state index >= 15 is 0 Å². The molecule has 33 heavy (non-hydrogen) atoms. The Labute approximate surface area is 193 Å². The van der Waals surface area contributed by atoms with E-state index in [-0.39, 0.29) is 40.7 Å². The number of carbonyl (C=O) groups is 1. The first-order valence-corrected chi connectivity index (χ1v) is 11.0. The molecule has 5 nitrogen and oxygen atoms in total. The molecular formula is C21H15ClF5N3O2S. The monoisotopic (exact) mass is 503 g/mol. The number of benzene rings is 2. The zero-order chi connectivity index (χ0) is 23.9. The Morgan fingerprint density at radius 3 is 2.64 bits per heavy atom. The zero-order valence-electron chi connectivity index (χ0n) is 16.9. The number of alkyl halides is 3. The summed E-state index contributed by atoms with van der Waals surface area (Å²) in [5.74, 6) is -4.41. The van der Waals surface area contributed by atoms with E-state index in [1.165, 1.54) is 30.3 Å². The molecule has 0 unspecified atom stereocenters. The lowest BCUT2D eigenvalue weighted by Crippen LogP contribution is -2.17. The van der Waals surface area contributed by atoms with Crippen molar-refractivity contribution >= 4 is 29.3 Å². The Hall–Kier alpha value is -2.66. The minimum absolute atomic E-state index is 0.000699. The molecule has 174 valence electrons. The van der Waals surface area contributed by atoms with Crippen LogP contribution in [0.3, 0.4) is 0 Å². The number of thioether (sulfide) groups is 1. The number of esters is 1. The molecule has 2 atom stereocenters. The number of aromatic nitrogens is 3. The average molecular weight is 504 g/mol. The minimum Gasteiger partial charge on any atom is -0.466 e. The van der Waals surface area contributed by atoms with Crippen LogP contribution >= 0.6 is 23.4 Å². The Morgan fingerprint density at radius 2 is 1.94 bits per heavy atom. The normalized spacial score (nSPS) is 17.8. The minimum atomic E-state index is -4.87. The van der Waals surface area contributed by atoms with Crippen LogP contribution in [-0.2, 0) is 15.7 Å². The van der Waals surface area contributed by atoms with Crippen molar-refractivity contribution < 1.29 is 31.5 Å². The van der Waals surface area contributed by atoms with Gasteiger partial charge in [-0.25, -0.2) is 8.78 Å². The van der Waals surface area contributed by atoms with Gasteiger partial charge in [-0.15, -0.1) is 22.0 Å². The Kier molecular flexibility index (Phi) is 6.37. The fraction of sp³-hybridized carbons (Fsp3) is 0.286. The van der Waals surface area contributed by atoms with Crippen molar-refractivity contribution in [3.8, 4) is 5.69 Å². The highest BCUT2D eigenvalue weighted by molar-refractivity contribution is 8.00. The van der Waals surface area contributed by atoms with E-state index in [1.807, 2.05) is 0 Å². The molecule has 0 saturated heterocycles. The van der Waals surface area contributed by atoms with Gasteiger partial charge < -0.3 is 4.74 Å². The van der Waals surface area contributed by atoms with Crippen molar-refractivity contribution in [2.75, 3.05) is 6.61 Å². The molecular weight excluding hydrogens is 489 g/mol. The molecule has 1 aliphatic heterocycles. The molecule has 3 aromatic rings. The second-order valence-electron chi connectivity index (χ2n) is 7.08. The fourth-order valence-electron chi connectivity index (χ4n) is 3.64. The first-order chi connectivity index (χ1) is 15.6. The highest BCUT2D eigenvalue weighted by Crippen LogP contribution is 2.52. The summed E-state index contributed by atoms with van der Waals surface area (Å²) in [6.07, 6.45) is -5.23. The summed E-state index contributed by atoms with van der Waals surface area (Å²) in [5.41, 5.74) is 0.0822. The second kappa shape index (κ2) is 8.94. The summed E-state index contributed by atoms with van der Waals surface area (Å²) in [7, 11) is 0. The number of hydrogen-bond donors (Lipinski definition) is 0. The maximum absolute atomic E-state index is 14.8. The number of rotatable bonds is 4. The largest absolute Gasteiger partial charge is 0.466 e. The van der Waals surface area contributed by atoms with Gasteiger partial charge in [0.2, 0.25) is 5.82 Å². The van der Waals surface area contributed by atoms with Gasteiger partial charge in [0.15, 0.2) is 17.5 Å². The van der Waals surface area contributed by atoms with Crippen LogP contribution in [0.5, 0.6) is 0 Å². The third-order valence-corrected chi connectivity index (χ3v) is 6.69. The van der Waals surface area contributed by atoms with Gasteiger partial charge in [0, 0.05) is 10.6 Å². The quantitative estimate of drug-likeness (QED) is 0.320. The molecule has 0 fully saturated rings. The van der Waals surface area contributed by atoms with Gasteiger partial charge >= 0.3 is 12.1 Å². The number of halogens is 6. The van der Waals surface area contributed by atoms with Gasteiger partial charge in [0.1, 0.15) is 0 Å². The third-order valence-electron chi connectivity index (χ3n) is 4.96. The van der Waals surface area contributed by atoms with Crippen molar-refractivity contribution in [1.29, 1.82) is 0 Å². The summed E-state index contributed by atoms with van der Waals surface area (Å²) in [4.78, 5) is 12.3. The second-order valence-corrected chi connectivity index (χ2v) is 8.82. The van der Waals surface area contributed by atoms with Crippen molar-refractivity contribution in [3.63, 3.8) is 0 Å².